The summed E-state index contributed by atoms with van der Waals surface area (Å²) in [6, 6.07) is 15.7. The molecule has 156 valence electrons. The molecule has 0 saturated carbocycles. The molecule has 6 nitrogen and oxygen atoms in total. The van der Waals surface area contributed by atoms with Crippen LogP contribution in [-0.2, 0) is 14.8 Å². The number of rotatable bonds is 9. The summed E-state index contributed by atoms with van der Waals surface area (Å²) in [5.74, 6) is -0.234. The second-order valence-electron chi connectivity index (χ2n) is 7.54. The number of hydrogen-bond acceptors (Lipinski definition) is 4. The summed E-state index contributed by atoms with van der Waals surface area (Å²) in [4.78, 5) is 24.4. The van der Waals surface area contributed by atoms with Crippen molar-refractivity contribution < 1.29 is 18.0 Å². The van der Waals surface area contributed by atoms with Crippen molar-refractivity contribution in [2.75, 3.05) is 17.1 Å². The normalized spacial score (nSPS) is 12.4. The Labute approximate surface area is 173 Å². The van der Waals surface area contributed by atoms with E-state index in [1.54, 1.807) is 18.2 Å². The van der Waals surface area contributed by atoms with Crippen molar-refractivity contribution in [3.63, 3.8) is 0 Å². The molecule has 1 N–H and O–H groups in total. The summed E-state index contributed by atoms with van der Waals surface area (Å²) in [6.07, 6.45) is 1.78. The first-order valence-corrected chi connectivity index (χ1v) is 11.4. The smallest absolute Gasteiger partial charge is 0.241 e. The highest BCUT2D eigenvalue weighted by atomic mass is 32.2. The van der Waals surface area contributed by atoms with E-state index in [1.807, 2.05) is 30.3 Å². The monoisotopic (exact) mass is 416 g/mol. The van der Waals surface area contributed by atoms with Gasteiger partial charge in [-0.2, -0.15) is 0 Å². The lowest BCUT2D eigenvalue weighted by Gasteiger charge is -2.25. The third-order valence-electron chi connectivity index (χ3n) is 4.47. The minimum Gasteiger partial charge on any atom is -0.348 e. The summed E-state index contributed by atoms with van der Waals surface area (Å²) in [5.41, 5.74) is 1.65. The molecule has 0 aromatic heterocycles. The molecule has 0 bridgehead atoms. The Bertz CT molecular complexity index is 956. The largest absolute Gasteiger partial charge is 0.348 e. The lowest BCUT2D eigenvalue weighted by atomic mass is 9.97. The van der Waals surface area contributed by atoms with Crippen LogP contribution in [-0.4, -0.2) is 32.9 Å². The summed E-state index contributed by atoms with van der Waals surface area (Å²) in [7, 11) is -3.72. The van der Waals surface area contributed by atoms with Crippen molar-refractivity contribution in [2.24, 2.45) is 5.92 Å². The van der Waals surface area contributed by atoms with Gasteiger partial charge in [-0.3, -0.25) is 13.9 Å². The Morgan fingerprint density at radius 1 is 1.03 bits per heavy atom. The van der Waals surface area contributed by atoms with Crippen LogP contribution in [0.1, 0.15) is 49.2 Å². The highest BCUT2D eigenvalue weighted by Gasteiger charge is 2.23. The number of sulfonamides is 1. The van der Waals surface area contributed by atoms with Crippen molar-refractivity contribution in [3.05, 3.63) is 65.7 Å². The highest BCUT2D eigenvalue weighted by Crippen LogP contribution is 2.22. The number of nitrogens with zero attached hydrogens (tertiary/aromatic N) is 1. The highest BCUT2D eigenvalue weighted by molar-refractivity contribution is 7.92. The number of Topliss-reactive ketones (excluding diaryl/α,β-unsaturated/α-hetero) is 1. The quantitative estimate of drug-likeness (QED) is 0.634. The third-order valence-corrected chi connectivity index (χ3v) is 5.61. The van der Waals surface area contributed by atoms with Gasteiger partial charge in [0.15, 0.2) is 5.78 Å². The van der Waals surface area contributed by atoms with E-state index in [2.05, 4.69) is 19.2 Å². The number of carbonyl (C=O) groups excluding carboxylic acids is 2. The number of carbonyl (C=O) groups is 2. The summed E-state index contributed by atoms with van der Waals surface area (Å²) in [5, 5.41) is 2.96. The van der Waals surface area contributed by atoms with Crippen LogP contribution in [0.25, 0.3) is 0 Å². The maximum Gasteiger partial charge on any atom is 0.241 e. The number of nitrogens with one attached hydrogen (secondary N) is 1. The average Bonchev–Trinajstić information content (AvgIpc) is 2.65. The molecule has 0 aliphatic heterocycles. The van der Waals surface area contributed by atoms with Crippen molar-refractivity contribution in [2.45, 2.75) is 33.2 Å². The van der Waals surface area contributed by atoms with Gasteiger partial charge in [0.25, 0.3) is 0 Å². The SMILES string of the molecule is CC(=O)c1cccc(N(CC(=O)NC(CC(C)C)c2ccccc2)S(C)(=O)=O)c1. The Hall–Kier alpha value is -2.67. The summed E-state index contributed by atoms with van der Waals surface area (Å²) < 4.78 is 25.7. The van der Waals surface area contributed by atoms with E-state index < -0.39 is 15.9 Å². The maximum atomic E-state index is 12.8. The molecule has 0 fully saturated rings. The maximum absolute atomic E-state index is 12.8. The molecular formula is C22H28N2O4S. The van der Waals surface area contributed by atoms with E-state index in [0.29, 0.717) is 11.5 Å². The predicted molar refractivity (Wildman–Crippen MR) is 115 cm³/mol. The molecule has 0 spiro atoms. The summed E-state index contributed by atoms with van der Waals surface area (Å²) >= 11 is 0. The molecule has 0 saturated heterocycles. The Kier molecular flexibility index (Phi) is 7.56. The molecule has 0 radical (unpaired) electrons. The number of anilines is 1. The van der Waals surface area contributed by atoms with Gasteiger partial charge in [-0.15, -0.1) is 0 Å². The first kappa shape index (κ1) is 22.6. The van der Waals surface area contributed by atoms with Crippen LogP contribution in [0, 0.1) is 5.92 Å². The van der Waals surface area contributed by atoms with Crippen molar-refractivity contribution in [1.82, 2.24) is 5.32 Å². The van der Waals surface area contributed by atoms with E-state index in [4.69, 9.17) is 0 Å². The minimum absolute atomic E-state index is 0.175. The average molecular weight is 417 g/mol. The molecule has 0 heterocycles. The Balaban J connectivity index is 2.25. The zero-order valence-corrected chi connectivity index (χ0v) is 18.1. The molecule has 1 atom stereocenters. The van der Waals surface area contributed by atoms with Crippen LogP contribution < -0.4 is 9.62 Å². The predicted octanol–water partition coefficient (Wildman–Crippen LogP) is 3.56. The van der Waals surface area contributed by atoms with Crippen LogP contribution in [0.15, 0.2) is 54.6 Å². The van der Waals surface area contributed by atoms with E-state index in [0.717, 1.165) is 22.5 Å². The number of benzene rings is 2. The molecular weight excluding hydrogens is 388 g/mol. The molecule has 1 amide bonds. The van der Waals surface area contributed by atoms with E-state index in [1.165, 1.54) is 13.0 Å². The fourth-order valence-corrected chi connectivity index (χ4v) is 3.93. The third kappa shape index (κ3) is 6.71. The molecule has 2 aromatic carbocycles. The topological polar surface area (TPSA) is 83.6 Å². The number of amides is 1. The standard InChI is InChI=1S/C22H28N2O4S/c1-16(2)13-21(18-9-6-5-7-10-18)23-22(26)15-24(29(4,27)28)20-12-8-11-19(14-20)17(3)25/h5-12,14,16,21H,13,15H2,1-4H3,(H,23,26). The minimum atomic E-state index is -3.72. The molecule has 0 aliphatic carbocycles. The Morgan fingerprint density at radius 3 is 2.24 bits per heavy atom. The van der Waals surface area contributed by atoms with Crippen LogP contribution in [0.2, 0.25) is 0 Å². The second kappa shape index (κ2) is 9.69. The van der Waals surface area contributed by atoms with Crippen LogP contribution >= 0.6 is 0 Å². The molecule has 2 rings (SSSR count). The van der Waals surface area contributed by atoms with Gasteiger partial charge in [0, 0.05) is 5.56 Å². The molecule has 2 aromatic rings. The number of ketones is 1. The molecule has 0 aliphatic rings. The van der Waals surface area contributed by atoms with Crippen molar-refractivity contribution in [1.29, 1.82) is 0 Å². The molecule has 29 heavy (non-hydrogen) atoms. The van der Waals surface area contributed by atoms with Gasteiger partial charge in [-0.1, -0.05) is 56.3 Å². The lowest BCUT2D eigenvalue weighted by molar-refractivity contribution is -0.120. The van der Waals surface area contributed by atoms with Crippen LogP contribution in [0.4, 0.5) is 5.69 Å². The Morgan fingerprint density at radius 2 is 1.69 bits per heavy atom. The lowest BCUT2D eigenvalue weighted by Crippen LogP contribution is -2.41. The van der Waals surface area contributed by atoms with Gasteiger partial charge in [0.05, 0.1) is 18.0 Å². The number of hydrogen-bond donors (Lipinski definition) is 1. The fourth-order valence-electron chi connectivity index (χ4n) is 3.09. The second-order valence-corrected chi connectivity index (χ2v) is 9.44. The molecule has 1 unspecified atom stereocenters. The van der Waals surface area contributed by atoms with Gasteiger partial charge in [-0.05, 0) is 37.0 Å². The van der Waals surface area contributed by atoms with Gasteiger partial charge >= 0.3 is 0 Å². The molecule has 7 heteroatoms. The zero-order valence-electron chi connectivity index (χ0n) is 17.3. The van der Waals surface area contributed by atoms with Crippen molar-refractivity contribution >= 4 is 27.4 Å². The fraction of sp³-hybridized carbons (Fsp3) is 0.364. The van der Waals surface area contributed by atoms with Crippen molar-refractivity contribution in [3.8, 4) is 0 Å². The first-order chi connectivity index (χ1) is 13.6. The van der Waals surface area contributed by atoms with Crippen LogP contribution in [0.5, 0.6) is 0 Å². The van der Waals surface area contributed by atoms with E-state index in [-0.39, 0.29) is 24.1 Å². The summed E-state index contributed by atoms with van der Waals surface area (Å²) in [6.45, 7) is 5.19. The van der Waals surface area contributed by atoms with E-state index in [9.17, 15) is 18.0 Å². The van der Waals surface area contributed by atoms with E-state index >= 15 is 0 Å². The van der Waals surface area contributed by atoms with Gasteiger partial charge < -0.3 is 5.32 Å². The van der Waals surface area contributed by atoms with Crippen LogP contribution in [0.3, 0.4) is 0 Å². The van der Waals surface area contributed by atoms with Gasteiger partial charge in [-0.25, -0.2) is 8.42 Å². The van der Waals surface area contributed by atoms with Gasteiger partial charge in [0.1, 0.15) is 6.54 Å². The van der Waals surface area contributed by atoms with Gasteiger partial charge in [0.2, 0.25) is 15.9 Å². The zero-order chi connectivity index (χ0) is 21.6. The first-order valence-electron chi connectivity index (χ1n) is 9.51.